The predicted molar refractivity (Wildman–Crippen MR) is 121 cm³/mol. The first-order chi connectivity index (χ1) is 15.2. The molecule has 0 spiro atoms. The summed E-state index contributed by atoms with van der Waals surface area (Å²) in [4.78, 5) is 55.6. The third kappa shape index (κ3) is 9.08. The van der Waals surface area contributed by atoms with Gasteiger partial charge < -0.3 is 38.1 Å². The Kier molecular flexibility index (Phi) is 12.1. The highest BCUT2D eigenvalue weighted by Crippen LogP contribution is 2.20. The maximum atomic E-state index is 13.3. The molecular formula is C20H38N8O4. The molecular weight excluding hydrogens is 416 g/mol. The van der Waals surface area contributed by atoms with Crippen molar-refractivity contribution in [2.24, 2.45) is 22.2 Å². The van der Waals surface area contributed by atoms with E-state index in [9.17, 15) is 19.2 Å². The Morgan fingerprint density at radius 1 is 1.09 bits per heavy atom. The molecule has 0 radical (unpaired) electrons. The molecule has 1 fully saturated rings. The molecule has 32 heavy (non-hydrogen) atoms. The Morgan fingerprint density at radius 3 is 2.38 bits per heavy atom. The van der Waals surface area contributed by atoms with Crippen molar-refractivity contribution in [2.75, 3.05) is 26.2 Å². The van der Waals surface area contributed by atoms with E-state index in [-0.39, 0.29) is 30.1 Å². The summed E-state index contributed by atoms with van der Waals surface area (Å²) in [5.41, 5.74) is 16.2. The van der Waals surface area contributed by atoms with Gasteiger partial charge in [0.15, 0.2) is 5.96 Å². The summed E-state index contributed by atoms with van der Waals surface area (Å²) in [6.45, 7) is 4.70. The van der Waals surface area contributed by atoms with Gasteiger partial charge in [0.25, 0.3) is 0 Å². The van der Waals surface area contributed by atoms with Crippen molar-refractivity contribution in [3.63, 3.8) is 0 Å². The molecule has 3 atom stereocenters. The summed E-state index contributed by atoms with van der Waals surface area (Å²) in [6, 6.07) is -2.24. The van der Waals surface area contributed by atoms with Crippen LogP contribution in [-0.4, -0.2) is 78.8 Å². The van der Waals surface area contributed by atoms with Crippen LogP contribution in [-0.2, 0) is 19.2 Å². The van der Waals surface area contributed by atoms with E-state index in [1.54, 1.807) is 0 Å². The molecule has 182 valence electrons. The van der Waals surface area contributed by atoms with E-state index >= 15 is 0 Å². The van der Waals surface area contributed by atoms with Crippen LogP contribution in [0.25, 0.3) is 0 Å². The van der Waals surface area contributed by atoms with E-state index in [0.29, 0.717) is 58.3 Å². The summed E-state index contributed by atoms with van der Waals surface area (Å²) in [5, 5.41) is 8.12. The lowest BCUT2D eigenvalue weighted by Crippen LogP contribution is -2.56. The molecule has 1 rings (SSSR count). The molecule has 12 heteroatoms. The van der Waals surface area contributed by atoms with Gasteiger partial charge in [0.05, 0.1) is 0 Å². The molecule has 0 aromatic rings. The number of nitrogens with zero attached hydrogens (tertiary/aromatic N) is 2. The predicted octanol–water partition coefficient (Wildman–Crippen LogP) is -2.10. The van der Waals surface area contributed by atoms with Crippen LogP contribution in [0, 0.1) is 0 Å². The van der Waals surface area contributed by atoms with Crippen molar-refractivity contribution in [3.8, 4) is 0 Å². The zero-order valence-corrected chi connectivity index (χ0v) is 19.1. The first kappa shape index (κ1) is 27.1. The van der Waals surface area contributed by atoms with E-state index in [2.05, 4.69) is 20.9 Å². The number of likely N-dealkylation sites (N-methyl/N-ethyl adjacent to an activating group) is 1. The van der Waals surface area contributed by atoms with Gasteiger partial charge in [-0.05, 0) is 52.0 Å². The van der Waals surface area contributed by atoms with Gasteiger partial charge in [0, 0.05) is 26.6 Å². The first-order valence-corrected chi connectivity index (χ1v) is 11.1. The first-order valence-electron chi connectivity index (χ1n) is 11.1. The number of nitrogens with two attached hydrogens (primary N) is 3. The van der Waals surface area contributed by atoms with Crippen molar-refractivity contribution < 1.29 is 19.2 Å². The number of nitrogens with one attached hydrogen (secondary N) is 3. The molecule has 12 nitrogen and oxygen atoms in total. The van der Waals surface area contributed by atoms with E-state index in [1.807, 2.05) is 6.92 Å². The van der Waals surface area contributed by atoms with Gasteiger partial charge in [-0.25, -0.2) is 0 Å². The highest BCUT2D eigenvalue weighted by Gasteiger charge is 2.37. The van der Waals surface area contributed by atoms with Crippen LogP contribution in [0.1, 0.15) is 52.4 Å². The van der Waals surface area contributed by atoms with Crippen molar-refractivity contribution in [1.82, 2.24) is 20.9 Å². The number of likely N-dealkylation sites (tertiary alicyclic amines) is 1. The van der Waals surface area contributed by atoms with Crippen LogP contribution >= 0.6 is 0 Å². The molecule has 0 aromatic heterocycles. The third-order valence-corrected chi connectivity index (χ3v) is 5.14. The summed E-state index contributed by atoms with van der Waals surface area (Å²) in [5.74, 6) is -1.42. The number of aliphatic imine (C=N–C) groups is 1. The highest BCUT2D eigenvalue weighted by atomic mass is 16.2. The summed E-state index contributed by atoms with van der Waals surface area (Å²) in [7, 11) is 0. The Balaban J connectivity index is 2.98. The normalized spacial score (nSPS) is 17.2. The van der Waals surface area contributed by atoms with Gasteiger partial charge in [-0.15, -0.1) is 0 Å². The maximum Gasteiger partial charge on any atom is 0.245 e. The van der Waals surface area contributed by atoms with E-state index in [4.69, 9.17) is 17.2 Å². The maximum absolute atomic E-state index is 13.3. The Labute approximate surface area is 189 Å². The number of amides is 4. The molecule has 1 aliphatic rings. The summed E-state index contributed by atoms with van der Waals surface area (Å²) < 4.78 is 0. The highest BCUT2D eigenvalue weighted by molar-refractivity contribution is 5.94. The quantitative estimate of drug-likeness (QED) is 0.104. The average Bonchev–Trinajstić information content (AvgIpc) is 3.22. The molecule has 0 aliphatic carbocycles. The van der Waals surface area contributed by atoms with Crippen LogP contribution in [0.2, 0.25) is 0 Å². The van der Waals surface area contributed by atoms with Gasteiger partial charge in [-0.3, -0.25) is 24.2 Å². The molecule has 4 amide bonds. The van der Waals surface area contributed by atoms with Crippen LogP contribution in [0.4, 0.5) is 0 Å². The van der Waals surface area contributed by atoms with Gasteiger partial charge in [-0.1, -0.05) is 0 Å². The van der Waals surface area contributed by atoms with Crippen LogP contribution in [0.3, 0.4) is 0 Å². The lowest BCUT2D eigenvalue weighted by molar-refractivity contribution is -0.142. The molecule has 0 saturated carbocycles. The van der Waals surface area contributed by atoms with Crippen molar-refractivity contribution in [2.45, 2.75) is 70.5 Å². The van der Waals surface area contributed by atoms with Gasteiger partial charge in [-0.2, -0.15) is 0 Å². The smallest absolute Gasteiger partial charge is 0.245 e. The SMILES string of the molecule is CCNC(=O)[C@@H]1CCCN1C(=O)[C@H](CCCN=C(N)N)NC(=O)[C@H](CCCN)NC(C)=O. The van der Waals surface area contributed by atoms with Crippen LogP contribution in [0.15, 0.2) is 4.99 Å². The second-order valence-corrected chi connectivity index (χ2v) is 7.78. The number of hydrogen-bond donors (Lipinski definition) is 6. The van der Waals surface area contributed by atoms with E-state index < -0.39 is 24.0 Å². The van der Waals surface area contributed by atoms with Crippen molar-refractivity contribution in [3.05, 3.63) is 0 Å². The van der Waals surface area contributed by atoms with E-state index in [1.165, 1.54) is 11.8 Å². The second kappa shape index (κ2) is 14.2. The number of carbonyl (C=O) groups is 4. The molecule has 9 N–H and O–H groups in total. The minimum Gasteiger partial charge on any atom is -0.370 e. The van der Waals surface area contributed by atoms with Gasteiger partial charge >= 0.3 is 0 Å². The fourth-order valence-electron chi connectivity index (χ4n) is 3.66. The standard InChI is InChI=1S/C20H38N8O4/c1-3-24-18(31)16-9-6-12-28(16)19(32)15(8-5-11-25-20(22)23)27-17(30)14(7-4-10-21)26-13(2)29/h14-16H,3-12,21H2,1-2H3,(H,24,31)(H,26,29)(H,27,30)(H4,22,23,25)/t14-,15-,16-/m0/s1. The number of rotatable bonds is 13. The molecule has 0 unspecified atom stereocenters. The van der Waals surface area contributed by atoms with Gasteiger partial charge in [0.2, 0.25) is 23.6 Å². The number of guanidine groups is 1. The zero-order chi connectivity index (χ0) is 24.1. The van der Waals surface area contributed by atoms with Crippen molar-refractivity contribution >= 4 is 29.6 Å². The Hall–Kier alpha value is -2.89. The fraction of sp³-hybridized carbons (Fsp3) is 0.750. The Bertz CT molecular complexity index is 681. The van der Waals surface area contributed by atoms with E-state index in [0.717, 1.165) is 0 Å². The third-order valence-electron chi connectivity index (χ3n) is 5.14. The molecule has 0 aromatic carbocycles. The van der Waals surface area contributed by atoms with Crippen LogP contribution in [0.5, 0.6) is 0 Å². The molecule has 1 saturated heterocycles. The zero-order valence-electron chi connectivity index (χ0n) is 19.1. The largest absolute Gasteiger partial charge is 0.370 e. The average molecular weight is 455 g/mol. The molecule has 1 aliphatic heterocycles. The van der Waals surface area contributed by atoms with Gasteiger partial charge in [0.1, 0.15) is 18.1 Å². The summed E-state index contributed by atoms with van der Waals surface area (Å²) >= 11 is 0. The monoisotopic (exact) mass is 454 g/mol. The minimum absolute atomic E-state index is 0.0553. The summed E-state index contributed by atoms with van der Waals surface area (Å²) in [6.07, 6.45) is 2.88. The molecule has 1 heterocycles. The van der Waals surface area contributed by atoms with Crippen molar-refractivity contribution in [1.29, 1.82) is 0 Å². The minimum atomic E-state index is -0.874. The lowest BCUT2D eigenvalue weighted by Gasteiger charge is -2.29. The fourth-order valence-corrected chi connectivity index (χ4v) is 3.66. The topological polar surface area (TPSA) is 198 Å². The molecule has 0 bridgehead atoms. The number of carbonyl (C=O) groups excluding carboxylic acids is 4. The van der Waals surface area contributed by atoms with Crippen LogP contribution < -0.4 is 33.2 Å². The second-order valence-electron chi connectivity index (χ2n) is 7.78. The Morgan fingerprint density at radius 2 is 1.78 bits per heavy atom. The number of hydrogen-bond acceptors (Lipinski definition) is 6. The lowest BCUT2D eigenvalue weighted by atomic mass is 10.1.